The van der Waals surface area contributed by atoms with Crippen LogP contribution in [0.25, 0.3) is 28.6 Å². The van der Waals surface area contributed by atoms with E-state index in [0.29, 0.717) is 16.5 Å². The number of benzene rings is 3. The Morgan fingerprint density at radius 3 is 2.54 bits per heavy atom. The maximum atomic E-state index is 6.02. The van der Waals surface area contributed by atoms with Crippen LogP contribution in [0.2, 0.25) is 10.0 Å². The zero-order chi connectivity index (χ0) is 19.5. The van der Waals surface area contributed by atoms with Crippen molar-refractivity contribution in [1.82, 2.24) is 4.98 Å². The van der Waals surface area contributed by atoms with Gasteiger partial charge in [0.25, 0.3) is 0 Å². The minimum Gasteiger partial charge on any atom is -0.436 e. The summed E-state index contributed by atoms with van der Waals surface area (Å²) in [5, 5.41) is 1.34. The number of aliphatic imine (C=N–C) groups is 1. The first-order valence-corrected chi connectivity index (χ1v) is 9.47. The van der Waals surface area contributed by atoms with Crippen LogP contribution in [0.15, 0.2) is 76.1 Å². The molecule has 28 heavy (non-hydrogen) atoms. The van der Waals surface area contributed by atoms with Gasteiger partial charge in [-0.3, -0.25) is 4.99 Å². The van der Waals surface area contributed by atoms with E-state index in [2.05, 4.69) is 9.98 Å². The quantitative estimate of drug-likeness (QED) is 0.328. The van der Waals surface area contributed by atoms with Crippen molar-refractivity contribution in [1.29, 1.82) is 0 Å². The van der Waals surface area contributed by atoms with Gasteiger partial charge in [0.15, 0.2) is 5.58 Å². The van der Waals surface area contributed by atoms with E-state index in [4.69, 9.17) is 27.6 Å². The molecular weight excluding hydrogens is 391 g/mol. The molecule has 1 heterocycles. The van der Waals surface area contributed by atoms with Gasteiger partial charge in [-0.15, -0.1) is 0 Å². The summed E-state index contributed by atoms with van der Waals surface area (Å²) >= 11 is 11.9. The molecule has 1 aromatic heterocycles. The molecule has 4 rings (SSSR count). The van der Waals surface area contributed by atoms with Crippen molar-refractivity contribution >= 4 is 52.3 Å². The molecule has 0 aliphatic rings. The van der Waals surface area contributed by atoms with Crippen molar-refractivity contribution < 1.29 is 4.42 Å². The third-order valence-corrected chi connectivity index (χ3v) is 4.75. The SMILES string of the molecule is Cc1ccc(-c2nc3ccc(Cl)cc3o2)cc1N=C/C=C/c1ccc(Cl)cc1. The van der Waals surface area contributed by atoms with Gasteiger partial charge in [0.1, 0.15) is 5.52 Å². The largest absolute Gasteiger partial charge is 0.436 e. The summed E-state index contributed by atoms with van der Waals surface area (Å²) in [6.07, 6.45) is 5.65. The first-order valence-electron chi connectivity index (χ1n) is 8.72. The highest BCUT2D eigenvalue weighted by atomic mass is 35.5. The molecule has 3 aromatic carbocycles. The Bertz CT molecular complexity index is 1190. The van der Waals surface area contributed by atoms with Crippen molar-refractivity contribution in [2.24, 2.45) is 4.99 Å². The average molecular weight is 407 g/mol. The van der Waals surface area contributed by atoms with E-state index in [0.717, 1.165) is 32.9 Å². The highest BCUT2D eigenvalue weighted by Crippen LogP contribution is 2.30. The van der Waals surface area contributed by atoms with Gasteiger partial charge in [-0.2, -0.15) is 0 Å². The summed E-state index contributed by atoms with van der Waals surface area (Å²) in [5.41, 5.74) is 5.30. The highest BCUT2D eigenvalue weighted by Gasteiger charge is 2.10. The van der Waals surface area contributed by atoms with Gasteiger partial charge in [0.05, 0.1) is 5.69 Å². The molecule has 0 N–H and O–H groups in total. The van der Waals surface area contributed by atoms with Gasteiger partial charge in [-0.25, -0.2) is 4.98 Å². The Hall–Kier alpha value is -2.88. The van der Waals surface area contributed by atoms with Crippen LogP contribution >= 0.6 is 23.2 Å². The van der Waals surface area contributed by atoms with Gasteiger partial charge in [0.2, 0.25) is 5.89 Å². The Morgan fingerprint density at radius 1 is 0.929 bits per heavy atom. The molecule has 4 aromatic rings. The predicted octanol–water partition coefficient (Wildman–Crippen LogP) is 7.53. The molecule has 138 valence electrons. The van der Waals surface area contributed by atoms with E-state index in [-0.39, 0.29) is 0 Å². The summed E-state index contributed by atoms with van der Waals surface area (Å²) in [5.74, 6) is 0.547. The lowest BCUT2D eigenvalue weighted by atomic mass is 10.1. The molecular formula is C23H16Cl2N2O. The smallest absolute Gasteiger partial charge is 0.227 e. The zero-order valence-corrected chi connectivity index (χ0v) is 16.6. The van der Waals surface area contributed by atoms with Gasteiger partial charge >= 0.3 is 0 Å². The lowest BCUT2D eigenvalue weighted by Crippen LogP contribution is -1.81. The second-order valence-electron chi connectivity index (χ2n) is 6.32. The van der Waals surface area contributed by atoms with E-state index in [9.17, 15) is 0 Å². The van der Waals surface area contributed by atoms with Gasteiger partial charge in [-0.1, -0.05) is 47.5 Å². The van der Waals surface area contributed by atoms with E-state index < -0.39 is 0 Å². The minimum atomic E-state index is 0.547. The van der Waals surface area contributed by atoms with E-state index in [1.54, 1.807) is 18.3 Å². The fourth-order valence-electron chi connectivity index (χ4n) is 2.75. The number of oxazole rings is 1. The number of rotatable bonds is 4. The molecule has 0 radical (unpaired) electrons. The van der Waals surface area contributed by atoms with Crippen molar-refractivity contribution in [3.05, 3.63) is 87.9 Å². The van der Waals surface area contributed by atoms with Crippen molar-refractivity contribution in [2.45, 2.75) is 6.92 Å². The Kier molecular flexibility index (Phi) is 5.29. The van der Waals surface area contributed by atoms with Crippen LogP contribution in [0.1, 0.15) is 11.1 Å². The lowest BCUT2D eigenvalue weighted by molar-refractivity contribution is 0.620. The number of allylic oxidation sites excluding steroid dienone is 1. The van der Waals surface area contributed by atoms with Gasteiger partial charge < -0.3 is 4.42 Å². The predicted molar refractivity (Wildman–Crippen MR) is 118 cm³/mol. The molecule has 0 atom stereocenters. The summed E-state index contributed by atoms with van der Waals surface area (Å²) in [6.45, 7) is 2.02. The second-order valence-corrected chi connectivity index (χ2v) is 7.19. The molecule has 0 saturated carbocycles. The number of aromatic nitrogens is 1. The molecule has 0 amide bonds. The average Bonchev–Trinajstić information content (AvgIpc) is 3.11. The fraction of sp³-hybridized carbons (Fsp3) is 0.0435. The normalized spacial score (nSPS) is 11.8. The highest BCUT2D eigenvalue weighted by molar-refractivity contribution is 6.31. The maximum Gasteiger partial charge on any atom is 0.227 e. The number of halogens is 2. The zero-order valence-electron chi connectivity index (χ0n) is 15.1. The Morgan fingerprint density at radius 2 is 1.71 bits per heavy atom. The lowest BCUT2D eigenvalue weighted by Gasteiger charge is -2.02. The minimum absolute atomic E-state index is 0.547. The molecule has 0 spiro atoms. The molecule has 0 saturated heterocycles. The van der Waals surface area contributed by atoms with Crippen LogP contribution in [0, 0.1) is 6.92 Å². The number of nitrogens with zero attached hydrogens (tertiary/aromatic N) is 2. The van der Waals surface area contributed by atoms with Crippen LogP contribution < -0.4 is 0 Å². The molecule has 0 unspecified atom stereocenters. The third-order valence-electron chi connectivity index (χ3n) is 4.26. The van der Waals surface area contributed by atoms with Crippen molar-refractivity contribution in [3.8, 4) is 11.5 Å². The number of fused-ring (bicyclic) bond motifs is 1. The summed E-state index contributed by atoms with van der Waals surface area (Å²) in [7, 11) is 0. The molecule has 0 aliphatic heterocycles. The Balaban J connectivity index is 1.58. The van der Waals surface area contributed by atoms with E-state index >= 15 is 0 Å². The topological polar surface area (TPSA) is 38.4 Å². The molecule has 0 fully saturated rings. The second kappa shape index (κ2) is 8.01. The van der Waals surface area contributed by atoms with Crippen LogP contribution in [0.4, 0.5) is 5.69 Å². The van der Waals surface area contributed by atoms with Crippen molar-refractivity contribution in [3.63, 3.8) is 0 Å². The number of aryl methyl sites for hydroxylation is 1. The van der Waals surface area contributed by atoms with Crippen molar-refractivity contribution in [2.75, 3.05) is 0 Å². The Labute approximate surface area is 173 Å². The first kappa shape index (κ1) is 18.5. The van der Waals surface area contributed by atoms with Crippen LogP contribution in [0.5, 0.6) is 0 Å². The van der Waals surface area contributed by atoms with Crippen LogP contribution in [-0.4, -0.2) is 11.2 Å². The summed E-state index contributed by atoms with van der Waals surface area (Å²) in [4.78, 5) is 9.10. The molecule has 0 aliphatic carbocycles. The fourth-order valence-corrected chi connectivity index (χ4v) is 3.04. The van der Waals surface area contributed by atoms with E-state index in [1.807, 2.05) is 67.6 Å². The first-order chi connectivity index (χ1) is 13.6. The van der Waals surface area contributed by atoms with Gasteiger partial charge in [-0.05, 0) is 60.5 Å². The number of hydrogen-bond acceptors (Lipinski definition) is 3. The molecule has 5 heteroatoms. The summed E-state index contributed by atoms with van der Waals surface area (Å²) < 4.78 is 5.85. The summed E-state index contributed by atoms with van der Waals surface area (Å²) in [6, 6.07) is 19.0. The van der Waals surface area contributed by atoms with E-state index in [1.165, 1.54) is 0 Å². The van der Waals surface area contributed by atoms with Crippen LogP contribution in [0.3, 0.4) is 0 Å². The molecule has 0 bridgehead atoms. The van der Waals surface area contributed by atoms with Crippen LogP contribution in [-0.2, 0) is 0 Å². The molecule has 3 nitrogen and oxygen atoms in total. The maximum absolute atomic E-state index is 6.02. The third kappa shape index (κ3) is 4.16. The van der Waals surface area contributed by atoms with Gasteiger partial charge in [0, 0.05) is 27.9 Å². The number of hydrogen-bond donors (Lipinski definition) is 0. The monoisotopic (exact) mass is 406 g/mol. The standard InChI is InChI=1S/C23H16Cl2N2O/c1-15-4-7-17(23-27-20-11-10-19(25)14-22(20)28-23)13-21(15)26-12-2-3-16-5-8-18(24)9-6-16/h2-14H,1H3/b3-2+,26-12?.